The monoisotopic (exact) mass is 220 g/mol. The van der Waals surface area contributed by atoms with E-state index < -0.39 is 10.0 Å². The van der Waals surface area contributed by atoms with Crippen LogP contribution in [0.5, 0.6) is 0 Å². The summed E-state index contributed by atoms with van der Waals surface area (Å²) in [4.78, 5) is 3.85. The zero-order valence-electron chi connectivity index (χ0n) is 7.23. The van der Waals surface area contributed by atoms with Crippen LogP contribution in [0.1, 0.15) is 0 Å². The van der Waals surface area contributed by atoms with Gasteiger partial charge in [-0.2, -0.15) is 0 Å². The zero-order valence-corrected chi connectivity index (χ0v) is 8.80. The predicted octanol–water partition coefficient (Wildman–Crippen LogP) is 0.985. The Bertz CT molecular complexity index is 403. The van der Waals surface area contributed by atoms with Crippen molar-refractivity contribution in [2.45, 2.75) is 4.90 Å². The molecular weight excluding hydrogens is 212 g/mol. The normalized spacial score (nSPS) is 12.0. The molecule has 0 radical (unpaired) electrons. The van der Waals surface area contributed by atoms with Gasteiger partial charge in [0, 0.05) is 20.3 Å². The van der Waals surface area contributed by atoms with Gasteiger partial charge in [-0.3, -0.25) is 0 Å². The highest BCUT2D eigenvalue weighted by atomic mass is 35.5. The molecular formula is C7H9ClN2O2S. The first-order valence-corrected chi connectivity index (χ1v) is 5.30. The minimum atomic E-state index is -3.39. The van der Waals surface area contributed by atoms with Gasteiger partial charge in [-0.1, -0.05) is 11.6 Å². The molecule has 0 N–H and O–H groups in total. The molecule has 0 atom stereocenters. The first kappa shape index (κ1) is 10.4. The quantitative estimate of drug-likeness (QED) is 0.699. The van der Waals surface area contributed by atoms with E-state index in [1.165, 1.54) is 32.4 Å². The molecule has 6 heteroatoms. The van der Waals surface area contributed by atoms with Gasteiger partial charge in [-0.05, 0) is 12.1 Å². The highest BCUT2D eigenvalue weighted by Crippen LogP contribution is 2.15. The fourth-order valence-corrected chi connectivity index (χ4v) is 1.91. The minimum Gasteiger partial charge on any atom is -0.244 e. The van der Waals surface area contributed by atoms with Gasteiger partial charge >= 0.3 is 0 Å². The van der Waals surface area contributed by atoms with Crippen LogP contribution in [-0.4, -0.2) is 31.8 Å². The number of hydrogen-bond donors (Lipinski definition) is 0. The smallest absolute Gasteiger partial charge is 0.242 e. The van der Waals surface area contributed by atoms with Crippen molar-refractivity contribution in [3.8, 4) is 0 Å². The third kappa shape index (κ3) is 2.18. The molecule has 0 amide bonds. The Morgan fingerprint density at radius 1 is 1.46 bits per heavy atom. The number of nitrogens with zero attached hydrogens (tertiary/aromatic N) is 2. The van der Waals surface area contributed by atoms with Crippen LogP contribution >= 0.6 is 11.6 Å². The predicted molar refractivity (Wildman–Crippen MR) is 50.1 cm³/mol. The van der Waals surface area contributed by atoms with E-state index in [1.54, 1.807) is 0 Å². The summed E-state index contributed by atoms with van der Waals surface area (Å²) in [5.74, 6) is 0. The van der Waals surface area contributed by atoms with E-state index in [2.05, 4.69) is 4.98 Å². The van der Waals surface area contributed by atoms with Crippen LogP contribution in [0.3, 0.4) is 0 Å². The fourth-order valence-electron chi connectivity index (χ4n) is 0.756. The van der Waals surface area contributed by atoms with Gasteiger partial charge in [-0.15, -0.1) is 0 Å². The molecule has 13 heavy (non-hydrogen) atoms. The molecule has 1 aromatic rings. The molecule has 0 aromatic carbocycles. The molecule has 0 saturated carbocycles. The lowest BCUT2D eigenvalue weighted by molar-refractivity contribution is 0.520. The summed E-state index contributed by atoms with van der Waals surface area (Å²) in [6.45, 7) is 0. The molecule has 1 aromatic heterocycles. The number of aromatic nitrogens is 1. The van der Waals surface area contributed by atoms with Crippen molar-refractivity contribution in [1.29, 1.82) is 0 Å². The average Bonchev–Trinajstić information content (AvgIpc) is 2.04. The summed E-state index contributed by atoms with van der Waals surface area (Å²) < 4.78 is 24.2. The number of rotatable bonds is 2. The summed E-state index contributed by atoms with van der Waals surface area (Å²) in [5.41, 5.74) is 0. The molecule has 72 valence electrons. The SMILES string of the molecule is CN(C)S(=O)(=O)c1ccnc(Cl)c1. The van der Waals surface area contributed by atoms with E-state index in [9.17, 15) is 8.42 Å². The van der Waals surface area contributed by atoms with E-state index in [-0.39, 0.29) is 10.0 Å². The number of halogens is 1. The maximum Gasteiger partial charge on any atom is 0.242 e. The van der Waals surface area contributed by atoms with Crippen molar-refractivity contribution in [3.63, 3.8) is 0 Å². The number of sulfonamides is 1. The molecule has 1 heterocycles. The van der Waals surface area contributed by atoms with Gasteiger partial charge in [-0.25, -0.2) is 17.7 Å². The maximum atomic E-state index is 11.5. The Balaban J connectivity index is 3.24. The van der Waals surface area contributed by atoms with Gasteiger partial charge in [0.25, 0.3) is 0 Å². The van der Waals surface area contributed by atoms with Crippen molar-refractivity contribution in [2.75, 3.05) is 14.1 Å². The standard InChI is InChI=1S/C7H9ClN2O2S/c1-10(2)13(11,12)6-3-4-9-7(8)5-6/h3-5H,1-2H3. The highest BCUT2D eigenvalue weighted by Gasteiger charge is 2.16. The lowest BCUT2D eigenvalue weighted by atomic mass is 10.5. The lowest BCUT2D eigenvalue weighted by Gasteiger charge is -2.10. The first-order valence-electron chi connectivity index (χ1n) is 3.48. The molecule has 0 aliphatic rings. The number of hydrogen-bond acceptors (Lipinski definition) is 3. The molecule has 0 unspecified atom stereocenters. The van der Waals surface area contributed by atoms with E-state index in [0.717, 1.165) is 4.31 Å². The Morgan fingerprint density at radius 2 is 2.08 bits per heavy atom. The molecule has 0 saturated heterocycles. The fraction of sp³-hybridized carbons (Fsp3) is 0.286. The summed E-state index contributed by atoms with van der Waals surface area (Å²) in [6.07, 6.45) is 1.36. The Morgan fingerprint density at radius 3 is 2.54 bits per heavy atom. The van der Waals surface area contributed by atoms with Gasteiger partial charge in [0.1, 0.15) is 5.15 Å². The van der Waals surface area contributed by atoms with Crippen LogP contribution in [0.25, 0.3) is 0 Å². The molecule has 0 aliphatic carbocycles. The Kier molecular flexibility index (Phi) is 2.90. The van der Waals surface area contributed by atoms with E-state index >= 15 is 0 Å². The zero-order chi connectivity index (χ0) is 10.1. The molecule has 0 aliphatic heterocycles. The topological polar surface area (TPSA) is 50.3 Å². The van der Waals surface area contributed by atoms with Crippen molar-refractivity contribution >= 4 is 21.6 Å². The molecule has 0 bridgehead atoms. The van der Waals surface area contributed by atoms with E-state index in [4.69, 9.17) is 11.6 Å². The van der Waals surface area contributed by atoms with Crippen LogP contribution in [0.15, 0.2) is 23.2 Å². The second-order valence-electron chi connectivity index (χ2n) is 2.60. The van der Waals surface area contributed by atoms with Crippen LogP contribution in [0.4, 0.5) is 0 Å². The van der Waals surface area contributed by atoms with Crippen LogP contribution in [0, 0.1) is 0 Å². The van der Waals surface area contributed by atoms with Gasteiger partial charge in [0.15, 0.2) is 0 Å². The largest absolute Gasteiger partial charge is 0.244 e. The lowest BCUT2D eigenvalue weighted by Crippen LogP contribution is -2.22. The Labute approximate surface area is 82.2 Å². The van der Waals surface area contributed by atoms with Crippen LogP contribution in [0.2, 0.25) is 5.15 Å². The van der Waals surface area contributed by atoms with Gasteiger partial charge in [0.2, 0.25) is 10.0 Å². The van der Waals surface area contributed by atoms with E-state index in [1.807, 2.05) is 0 Å². The third-order valence-electron chi connectivity index (χ3n) is 1.48. The second-order valence-corrected chi connectivity index (χ2v) is 5.14. The van der Waals surface area contributed by atoms with Crippen LogP contribution in [-0.2, 0) is 10.0 Å². The van der Waals surface area contributed by atoms with Crippen molar-refractivity contribution in [3.05, 3.63) is 23.5 Å². The van der Waals surface area contributed by atoms with Crippen molar-refractivity contribution < 1.29 is 8.42 Å². The van der Waals surface area contributed by atoms with Crippen molar-refractivity contribution in [1.82, 2.24) is 9.29 Å². The molecule has 1 rings (SSSR count). The average molecular weight is 221 g/mol. The molecule has 4 nitrogen and oxygen atoms in total. The van der Waals surface area contributed by atoms with Crippen molar-refractivity contribution in [2.24, 2.45) is 0 Å². The summed E-state index contributed by atoms with van der Waals surface area (Å²) in [5, 5.41) is 0.169. The minimum absolute atomic E-state index is 0.150. The summed E-state index contributed by atoms with van der Waals surface area (Å²) in [6, 6.07) is 2.72. The van der Waals surface area contributed by atoms with E-state index in [0.29, 0.717) is 0 Å². The molecule has 0 spiro atoms. The second kappa shape index (κ2) is 3.61. The Hall–Kier alpha value is -0.650. The van der Waals surface area contributed by atoms with Gasteiger partial charge < -0.3 is 0 Å². The summed E-state index contributed by atoms with van der Waals surface area (Å²) in [7, 11) is -0.467. The van der Waals surface area contributed by atoms with Gasteiger partial charge in [0.05, 0.1) is 4.90 Å². The highest BCUT2D eigenvalue weighted by molar-refractivity contribution is 7.89. The maximum absolute atomic E-state index is 11.5. The molecule has 0 fully saturated rings. The summed E-state index contributed by atoms with van der Waals surface area (Å²) >= 11 is 5.56. The number of pyridine rings is 1. The first-order chi connectivity index (χ1) is 5.94. The van der Waals surface area contributed by atoms with Crippen LogP contribution < -0.4 is 0 Å². The third-order valence-corrected chi connectivity index (χ3v) is 3.49.